The summed E-state index contributed by atoms with van der Waals surface area (Å²) in [6.07, 6.45) is 1.78. The van der Waals surface area contributed by atoms with Crippen LogP contribution in [0.1, 0.15) is 25.3 Å². The van der Waals surface area contributed by atoms with Gasteiger partial charge in [-0.05, 0) is 18.4 Å². The highest BCUT2D eigenvalue weighted by Gasteiger charge is 2.13. The predicted molar refractivity (Wildman–Crippen MR) is 73.4 cm³/mol. The van der Waals surface area contributed by atoms with Crippen molar-refractivity contribution in [2.24, 2.45) is 0 Å². The molecule has 1 aromatic carbocycles. The number of halogens is 1. The Bertz CT molecular complexity index is 378. The molecule has 0 bridgehead atoms. The van der Waals surface area contributed by atoms with Gasteiger partial charge in [-0.1, -0.05) is 54.2 Å². The molecule has 2 nitrogen and oxygen atoms in total. The van der Waals surface area contributed by atoms with Crippen LogP contribution < -0.4 is 0 Å². The van der Waals surface area contributed by atoms with Crippen molar-refractivity contribution < 1.29 is 9.53 Å². The van der Waals surface area contributed by atoms with Crippen molar-refractivity contribution in [2.45, 2.75) is 32.3 Å². The molecular formula is C13H15ClO2S. The van der Waals surface area contributed by atoms with Crippen LogP contribution in [-0.2, 0) is 16.0 Å². The zero-order valence-electron chi connectivity index (χ0n) is 9.69. The Kier molecular flexibility index (Phi) is 6.16. The van der Waals surface area contributed by atoms with E-state index in [9.17, 15) is 4.79 Å². The summed E-state index contributed by atoms with van der Waals surface area (Å²) in [6.45, 7) is 1.41. The molecule has 17 heavy (non-hydrogen) atoms. The maximum Gasteiger partial charge on any atom is 0.302 e. The van der Waals surface area contributed by atoms with Crippen LogP contribution in [0.4, 0.5) is 0 Å². The minimum atomic E-state index is -0.272. The number of hydrogen-bond acceptors (Lipinski definition) is 3. The van der Waals surface area contributed by atoms with Gasteiger partial charge in [0.2, 0.25) is 0 Å². The second-order valence-corrected chi connectivity index (χ2v) is 4.99. The molecule has 0 fully saturated rings. The van der Waals surface area contributed by atoms with Gasteiger partial charge in [0.05, 0.1) is 4.32 Å². The Morgan fingerprint density at radius 2 is 2.06 bits per heavy atom. The number of carbonyl (C=O) groups excluding carboxylic acids is 1. The lowest BCUT2D eigenvalue weighted by Crippen LogP contribution is -2.19. The lowest BCUT2D eigenvalue weighted by molar-refractivity contribution is -0.146. The Morgan fingerprint density at radius 3 is 2.59 bits per heavy atom. The number of hydrogen-bond donors (Lipinski definition) is 0. The van der Waals surface area contributed by atoms with E-state index in [1.165, 1.54) is 6.92 Å². The molecule has 1 unspecified atom stereocenters. The molecule has 1 atom stereocenters. The average Bonchev–Trinajstić information content (AvgIpc) is 2.26. The molecule has 0 saturated carbocycles. The number of ether oxygens (including phenoxy) is 1. The quantitative estimate of drug-likeness (QED) is 0.450. The summed E-state index contributed by atoms with van der Waals surface area (Å²) in [4.78, 5) is 11.0. The molecule has 0 aliphatic heterocycles. The van der Waals surface area contributed by atoms with Gasteiger partial charge < -0.3 is 4.74 Å². The fraction of sp³-hybridized carbons (Fsp3) is 0.385. The fourth-order valence-electron chi connectivity index (χ4n) is 1.59. The van der Waals surface area contributed by atoms with Crippen LogP contribution in [0.3, 0.4) is 0 Å². The van der Waals surface area contributed by atoms with Gasteiger partial charge in [0.1, 0.15) is 6.10 Å². The van der Waals surface area contributed by atoms with Crippen molar-refractivity contribution in [3.8, 4) is 0 Å². The topological polar surface area (TPSA) is 26.3 Å². The van der Waals surface area contributed by atoms with Crippen molar-refractivity contribution in [1.29, 1.82) is 0 Å². The minimum absolute atomic E-state index is 0.161. The zero-order chi connectivity index (χ0) is 12.7. The predicted octanol–water partition coefficient (Wildman–Crippen LogP) is 3.51. The lowest BCUT2D eigenvalue weighted by atomic mass is 10.0. The Balaban J connectivity index is 2.56. The molecule has 0 aromatic heterocycles. The van der Waals surface area contributed by atoms with E-state index in [-0.39, 0.29) is 12.1 Å². The molecule has 0 radical (unpaired) electrons. The standard InChI is InChI=1S/C13H15ClO2S/c1-10(15)16-12(7-8-13(14)17)9-11-5-3-2-4-6-11/h2-6,12H,7-9H2,1H3. The summed E-state index contributed by atoms with van der Waals surface area (Å²) < 4.78 is 5.67. The Hall–Kier alpha value is -0.930. The van der Waals surface area contributed by atoms with Crippen molar-refractivity contribution >= 4 is 34.1 Å². The molecule has 1 aromatic rings. The summed E-state index contributed by atoms with van der Waals surface area (Å²) in [6, 6.07) is 9.90. The third kappa shape index (κ3) is 6.39. The average molecular weight is 271 g/mol. The molecule has 0 N–H and O–H groups in total. The molecule has 0 saturated heterocycles. The van der Waals surface area contributed by atoms with Gasteiger partial charge in [-0.2, -0.15) is 0 Å². The van der Waals surface area contributed by atoms with E-state index in [1.807, 2.05) is 30.3 Å². The van der Waals surface area contributed by atoms with E-state index >= 15 is 0 Å². The van der Waals surface area contributed by atoms with Crippen LogP contribution in [0.2, 0.25) is 0 Å². The first-order chi connectivity index (χ1) is 8.08. The first-order valence-electron chi connectivity index (χ1n) is 5.47. The van der Waals surface area contributed by atoms with Crippen LogP contribution >= 0.6 is 23.8 Å². The monoisotopic (exact) mass is 270 g/mol. The molecule has 0 amide bonds. The second kappa shape index (κ2) is 7.41. The van der Waals surface area contributed by atoms with Crippen LogP contribution in [0, 0.1) is 0 Å². The van der Waals surface area contributed by atoms with Crippen LogP contribution in [0.15, 0.2) is 30.3 Å². The maximum atomic E-state index is 11.0. The summed E-state index contributed by atoms with van der Waals surface area (Å²) in [5.41, 5.74) is 1.14. The second-order valence-electron chi connectivity index (χ2n) is 3.81. The third-order valence-electron chi connectivity index (χ3n) is 2.30. The Labute approximate surface area is 112 Å². The van der Waals surface area contributed by atoms with Crippen molar-refractivity contribution in [3.05, 3.63) is 35.9 Å². The molecule has 1 rings (SSSR count). The molecular weight excluding hydrogens is 256 g/mol. The normalized spacial score (nSPS) is 11.9. The maximum absolute atomic E-state index is 11.0. The first-order valence-corrected chi connectivity index (χ1v) is 6.26. The molecule has 0 heterocycles. The molecule has 92 valence electrons. The van der Waals surface area contributed by atoms with Gasteiger partial charge in [-0.3, -0.25) is 4.79 Å². The SMILES string of the molecule is CC(=O)OC(CCC(=S)Cl)Cc1ccccc1. The van der Waals surface area contributed by atoms with E-state index < -0.39 is 0 Å². The number of esters is 1. The van der Waals surface area contributed by atoms with Crippen molar-refractivity contribution in [1.82, 2.24) is 0 Å². The number of carbonyl (C=O) groups is 1. The highest BCUT2D eigenvalue weighted by molar-refractivity contribution is 7.83. The van der Waals surface area contributed by atoms with Crippen LogP contribution in [0.5, 0.6) is 0 Å². The highest BCUT2D eigenvalue weighted by atomic mass is 35.5. The van der Waals surface area contributed by atoms with Crippen LogP contribution in [0.25, 0.3) is 0 Å². The smallest absolute Gasteiger partial charge is 0.302 e. The van der Waals surface area contributed by atoms with Gasteiger partial charge in [0, 0.05) is 13.3 Å². The fourth-order valence-corrected chi connectivity index (χ4v) is 1.82. The largest absolute Gasteiger partial charge is 0.462 e. The summed E-state index contributed by atoms with van der Waals surface area (Å²) in [5.74, 6) is -0.272. The third-order valence-corrected chi connectivity index (χ3v) is 2.69. The summed E-state index contributed by atoms with van der Waals surface area (Å²) in [5, 5.41) is 0. The number of rotatable bonds is 6. The van der Waals surface area contributed by atoms with Crippen molar-refractivity contribution in [3.63, 3.8) is 0 Å². The van der Waals surface area contributed by atoms with E-state index in [2.05, 4.69) is 0 Å². The lowest BCUT2D eigenvalue weighted by Gasteiger charge is -2.16. The van der Waals surface area contributed by atoms with E-state index in [1.54, 1.807) is 0 Å². The van der Waals surface area contributed by atoms with Crippen molar-refractivity contribution in [2.75, 3.05) is 0 Å². The van der Waals surface area contributed by atoms with Gasteiger partial charge >= 0.3 is 5.97 Å². The van der Waals surface area contributed by atoms with Gasteiger partial charge in [-0.25, -0.2) is 0 Å². The highest BCUT2D eigenvalue weighted by Crippen LogP contribution is 2.12. The molecule has 0 aliphatic rings. The zero-order valence-corrected chi connectivity index (χ0v) is 11.3. The first kappa shape index (κ1) is 14.1. The van der Waals surface area contributed by atoms with E-state index in [0.29, 0.717) is 23.6 Å². The van der Waals surface area contributed by atoms with Gasteiger partial charge in [-0.15, -0.1) is 0 Å². The van der Waals surface area contributed by atoms with Crippen LogP contribution in [-0.4, -0.2) is 16.4 Å². The minimum Gasteiger partial charge on any atom is -0.462 e. The molecule has 0 aliphatic carbocycles. The molecule has 0 spiro atoms. The summed E-state index contributed by atoms with van der Waals surface area (Å²) >= 11 is 10.5. The molecule has 4 heteroatoms. The van der Waals surface area contributed by atoms with Gasteiger partial charge in [0.25, 0.3) is 0 Å². The number of benzene rings is 1. The van der Waals surface area contributed by atoms with Gasteiger partial charge in [0.15, 0.2) is 0 Å². The van der Waals surface area contributed by atoms with E-state index in [4.69, 9.17) is 28.6 Å². The number of thiocarbonyl (C=S) groups is 1. The van der Waals surface area contributed by atoms with E-state index in [0.717, 1.165) is 5.56 Å². The summed E-state index contributed by atoms with van der Waals surface area (Å²) in [7, 11) is 0. The Morgan fingerprint density at radius 1 is 1.41 bits per heavy atom.